The lowest BCUT2D eigenvalue weighted by Crippen LogP contribution is -2.53. The predicted octanol–water partition coefficient (Wildman–Crippen LogP) is 0.639. The van der Waals surface area contributed by atoms with Crippen LogP contribution >= 0.6 is 0 Å². The molecular formula is C14H29N3O. The molecule has 2 fully saturated rings. The average Bonchev–Trinajstić information content (AvgIpc) is 2.40. The minimum atomic E-state index is 0.679. The summed E-state index contributed by atoms with van der Waals surface area (Å²) >= 11 is 0. The summed E-state index contributed by atoms with van der Waals surface area (Å²) in [5.41, 5.74) is 0. The molecular weight excluding hydrogens is 226 g/mol. The van der Waals surface area contributed by atoms with E-state index in [0.29, 0.717) is 6.04 Å². The molecule has 0 radical (unpaired) electrons. The van der Waals surface area contributed by atoms with Crippen LogP contribution in [0.5, 0.6) is 0 Å². The van der Waals surface area contributed by atoms with Crippen LogP contribution in [-0.4, -0.2) is 75.9 Å². The zero-order chi connectivity index (χ0) is 12.8. The Bertz CT molecular complexity index is 231. The maximum atomic E-state index is 5.41. The first-order valence-corrected chi connectivity index (χ1v) is 7.43. The fourth-order valence-electron chi connectivity index (χ4n) is 2.96. The molecule has 0 spiro atoms. The van der Waals surface area contributed by atoms with Crippen molar-refractivity contribution in [3.8, 4) is 0 Å². The van der Waals surface area contributed by atoms with E-state index < -0.39 is 0 Å². The summed E-state index contributed by atoms with van der Waals surface area (Å²) in [6, 6.07) is 0.679. The first kappa shape index (κ1) is 14.3. The molecule has 0 aromatic rings. The van der Waals surface area contributed by atoms with Gasteiger partial charge in [0, 0.05) is 45.4 Å². The molecule has 0 aliphatic carbocycles. The largest absolute Gasteiger partial charge is 0.381 e. The van der Waals surface area contributed by atoms with Gasteiger partial charge < -0.3 is 15.0 Å². The van der Waals surface area contributed by atoms with Crippen LogP contribution in [0.4, 0.5) is 0 Å². The highest BCUT2D eigenvalue weighted by atomic mass is 16.5. The third kappa shape index (κ3) is 4.50. The first-order valence-electron chi connectivity index (χ1n) is 7.43. The van der Waals surface area contributed by atoms with Crippen LogP contribution in [0.3, 0.4) is 0 Å². The molecule has 4 nitrogen and oxygen atoms in total. The molecule has 1 N–H and O–H groups in total. The molecule has 2 aliphatic rings. The van der Waals surface area contributed by atoms with E-state index in [9.17, 15) is 0 Å². The van der Waals surface area contributed by atoms with Crippen molar-refractivity contribution in [3.05, 3.63) is 0 Å². The Morgan fingerprint density at radius 3 is 2.83 bits per heavy atom. The van der Waals surface area contributed by atoms with Gasteiger partial charge in [-0.25, -0.2) is 0 Å². The number of likely N-dealkylation sites (N-methyl/N-ethyl adjacent to an activating group) is 2. The van der Waals surface area contributed by atoms with E-state index in [2.05, 4.69) is 29.2 Å². The van der Waals surface area contributed by atoms with Crippen molar-refractivity contribution in [2.75, 3.05) is 60.0 Å². The van der Waals surface area contributed by atoms with E-state index in [-0.39, 0.29) is 0 Å². The summed E-state index contributed by atoms with van der Waals surface area (Å²) in [7, 11) is 4.51. The Balaban J connectivity index is 1.63. The van der Waals surface area contributed by atoms with Gasteiger partial charge in [-0.05, 0) is 45.8 Å². The van der Waals surface area contributed by atoms with E-state index in [1.165, 1.54) is 38.9 Å². The Hall–Kier alpha value is -0.160. The number of piperazine rings is 1. The van der Waals surface area contributed by atoms with E-state index in [0.717, 1.165) is 32.2 Å². The van der Waals surface area contributed by atoms with E-state index in [1.807, 2.05) is 0 Å². The number of hydrogen-bond acceptors (Lipinski definition) is 4. The standard InChI is InChI=1S/C14H29N3O/c1-16(7-3-13-4-9-18-10-5-13)12-14-11-15-6-8-17(14)2/h13-15H,3-12H2,1-2H3. The number of rotatable bonds is 5. The number of hydrogen-bond donors (Lipinski definition) is 1. The number of nitrogens with zero attached hydrogens (tertiary/aromatic N) is 2. The maximum Gasteiger partial charge on any atom is 0.0468 e. The zero-order valence-corrected chi connectivity index (χ0v) is 12.0. The second kappa shape index (κ2) is 7.43. The number of ether oxygens (including phenoxy) is 1. The minimum absolute atomic E-state index is 0.679. The molecule has 2 saturated heterocycles. The van der Waals surface area contributed by atoms with Crippen LogP contribution in [0.1, 0.15) is 19.3 Å². The van der Waals surface area contributed by atoms with Crippen molar-refractivity contribution in [3.63, 3.8) is 0 Å². The zero-order valence-electron chi connectivity index (χ0n) is 12.0. The molecule has 0 aromatic carbocycles. The van der Waals surface area contributed by atoms with Crippen molar-refractivity contribution in [2.45, 2.75) is 25.3 Å². The van der Waals surface area contributed by atoms with Gasteiger partial charge in [-0.15, -0.1) is 0 Å². The molecule has 0 saturated carbocycles. The van der Waals surface area contributed by atoms with Gasteiger partial charge in [0.15, 0.2) is 0 Å². The van der Waals surface area contributed by atoms with Crippen molar-refractivity contribution in [1.29, 1.82) is 0 Å². The van der Waals surface area contributed by atoms with Crippen molar-refractivity contribution < 1.29 is 4.74 Å². The molecule has 0 amide bonds. The molecule has 2 heterocycles. The van der Waals surface area contributed by atoms with Gasteiger partial charge in [-0.1, -0.05) is 0 Å². The van der Waals surface area contributed by atoms with E-state index >= 15 is 0 Å². The third-order valence-corrected chi connectivity index (χ3v) is 4.43. The number of nitrogens with one attached hydrogen (secondary N) is 1. The summed E-state index contributed by atoms with van der Waals surface area (Å²) in [5, 5.41) is 3.49. The Labute approximate surface area is 112 Å². The summed E-state index contributed by atoms with van der Waals surface area (Å²) in [4.78, 5) is 4.99. The van der Waals surface area contributed by atoms with Crippen LogP contribution in [0.15, 0.2) is 0 Å². The van der Waals surface area contributed by atoms with Gasteiger partial charge in [-0.2, -0.15) is 0 Å². The van der Waals surface area contributed by atoms with Crippen LogP contribution in [-0.2, 0) is 4.74 Å². The highest BCUT2D eigenvalue weighted by Crippen LogP contribution is 2.18. The molecule has 2 rings (SSSR count). The second-order valence-electron chi connectivity index (χ2n) is 5.95. The fourth-order valence-corrected chi connectivity index (χ4v) is 2.96. The smallest absolute Gasteiger partial charge is 0.0468 e. The van der Waals surface area contributed by atoms with Gasteiger partial charge >= 0.3 is 0 Å². The first-order chi connectivity index (χ1) is 8.75. The molecule has 0 bridgehead atoms. The van der Waals surface area contributed by atoms with Crippen molar-refractivity contribution >= 4 is 0 Å². The lowest BCUT2D eigenvalue weighted by atomic mass is 9.96. The lowest BCUT2D eigenvalue weighted by Gasteiger charge is -2.36. The Morgan fingerprint density at radius 2 is 2.11 bits per heavy atom. The lowest BCUT2D eigenvalue weighted by molar-refractivity contribution is 0.0595. The predicted molar refractivity (Wildman–Crippen MR) is 74.9 cm³/mol. The van der Waals surface area contributed by atoms with Gasteiger partial charge in [0.25, 0.3) is 0 Å². The molecule has 0 aromatic heterocycles. The average molecular weight is 255 g/mol. The minimum Gasteiger partial charge on any atom is -0.381 e. The SMILES string of the molecule is CN(CCC1CCOCC1)CC1CNCCN1C. The fraction of sp³-hybridized carbons (Fsp3) is 1.00. The van der Waals surface area contributed by atoms with Crippen LogP contribution in [0.25, 0.3) is 0 Å². The van der Waals surface area contributed by atoms with Gasteiger partial charge in [-0.3, -0.25) is 4.90 Å². The van der Waals surface area contributed by atoms with Crippen LogP contribution in [0.2, 0.25) is 0 Å². The van der Waals surface area contributed by atoms with Crippen molar-refractivity contribution in [2.24, 2.45) is 5.92 Å². The molecule has 1 unspecified atom stereocenters. The van der Waals surface area contributed by atoms with Gasteiger partial charge in [0.2, 0.25) is 0 Å². The quantitative estimate of drug-likeness (QED) is 0.780. The molecule has 1 atom stereocenters. The maximum absolute atomic E-state index is 5.41. The summed E-state index contributed by atoms with van der Waals surface area (Å²) in [6.07, 6.45) is 3.86. The topological polar surface area (TPSA) is 27.7 Å². The second-order valence-corrected chi connectivity index (χ2v) is 5.95. The monoisotopic (exact) mass is 255 g/mol. The summed E-state index contributed by atoms with van der Waals surface area (Å²) in [5.74, 6) is 0.892. The van der Waals surface area contributed by atoms with Gasteiger partial charge in [0.1, 0.15) is 0 Å². The normalized spacial score (nSPS) is 27.8. The summed E-state index contributed by atoms with van der Waals surface area (Å²) in [6.45, 7) is 7.82. The summed E-state index contributed by atoms with van der Waals surface area (Å²) < 4.78 is 5.41. The van der Waals surface area contributed by atoms with Crippen molar-refractivity contribution in [1.82, 2.24) is 15.1 Å². The van der Waals surface area contributed by atoms with Gasteiger partial charge in [0.05, 0.1) is 0 Å². The molecule has 106 valence electrons. The van der Waals surface area contributed by atoms with Crippen LogP contribution < -0.4 is 5.32 Å². The molecule has 2 aliphatic heterocycles. The molecule has 18 heavy (non-hydrogen) atoms. The van der Waals surface area contributed by atoms with E-state index in [4.69, 9.17) is 4.74 Å². The molecule has 4 heteroatoms. The Morgan fingerprint density at radius 1 is 1.33 bits per heavy atom. The van der Waals surface area contributed by atoms with E-state index in [1.54, 1.807) is 0 Å². The third-order valence-electron chi connectivity index (χ3n) is 4.43. The Kier molecular flexibility index (Phi) is 5.89. The highest BCUT2D eigenvalue weighted by molar-refractivity contribution is 4.80. The van der Waals surface area contributed by atoms with Crippen LogP contribution in [0, 0.1) is 5.92 Å². The highest BCUT2D eigenvalue weighted by Gasteiger charge is 2.20.